The fourth-order valence-electron chi connectivity index (χ4n) is 2.83. The molecule has 0 unspecified atom stereocenters. The molecule has 0 radical (unpaired) electrons. The summed E-state index contributed by atoms with van der Waals surface area (Å²) in [6.07, 6.45) is 0. The van der Waals surface area contributed by atoms with Crippen LogP contribution >= 0.6 is 0 Å². The molecule has 28 heavy (non-hydrogen) atoms. The molecule has 0 spiro atoms. The smallest absolute Gasteiger partial charge is 0.277 e. The molecule has 0 aliphatic heterocycles. The van der Waals surface area contributed by atoms with Crippen molar-refractivity contribution in [3.8, 4) is 6.07 Å². The molecule has 9 heteroatoms. The first kappa shape index (κ1) is 18.5. The van der Waals surface area contributed by atoms with Crippen LogP contribution in [-0.2, 0) is 0 Å². The molecule has 0 bridgehead atoms. The lowest BCUT2D eigenvalue weighted by atomic mass is 9.99. The first-order valence-corrected chi connectivity index (χ1v) is 8.02. The molecule has 1 N–H and O–H groups in total. The molecule has 0 heterocycles. The predicted molar refractivity (Wildman–Crippen MR) is 99.5 cm³/mol. The highest BCUT2D eigenvalue weighted by molar-refractivity contribution is 5.96. The van der Waals surface area contributed by atoms with Crippen molar-refractivity contribution in [3.63, 3.8) is 0 Å². The summed E-state index contributed by atoms with van der Waals surface area (Å²) in [5, 5.41) is 35.7. The van der Waals surface area contributed by atoms with E-state index >= 15 is 0 Å². The third-order valence-corrected chi connectivity index (χ3v) is 4.13. The second-order valence-electron chi connectivity index (χ2n) is 5.86. The van der Waals surface area contributed by atoms with Crippen molar-refractivity contribution in [1.29, 1.82) is 5.26 Å². The van der Waals surface area contributed by atoms with Gasteiger partial charge in [0.05, 0.1) is 27.5 Å². The van der Waals surface area contributed by atoms with Crippen LogP contribution in [0.4, 0.5) is 11.4 Å². The van der Waals surface area contributed by atoms with Crippen LogP contribution in [0.2, 0.25) is 0 Å². The third kappa shape index (κ3) is 3.61. The molecular weight excluding hydrogens is 364 g/mol. The molecule has 3 rings (SSSR count). The third-order valence-electron chi connectivity index (χ3n) is 4.13. The molecule has 3 aromatic carbocycles. The number of non-ortho nitro benzene ring substituents is 2. The van der Waals surface area contributed by atoms with Crippen molar-refractivity contribution in [2.45, 2.75) is 6.04 Å². The molecule has 3 aromatic rings. The molecule has 9 nitrogen and oxygen atoms in total. The van der Waals surface area contributed by atoms with Crippen molar-refractivity contribution in [2.75, 3.05) is 0 Å². The largest absolute Gasteiger partial charge is 0.332 e. The molecule has 0 fully saturated rings. The summed E-state index contributed by atoms with van der Waals surface area (Å²) in [6.45, 7) is 0. The average Bonchev–Trinajstić information content (AvgIpc) is 2.71. The van der Waals surface area contributed by atoms with E-state index in [0.717, 1.165) is 29.0 Å². The van der Waals surface area contributed by atoms with E-state index in [4.69, 9.17) is 0 Å². The first-order chi connectivity index (χ1) is 13.4. The van der Waals surface area contributed by atoms with Gasteiger partial charge in [-0.2, -0.15) is 5.26 Å². The zero-order chi connectivity index (χ0) is 20.3. The average molecular weight is 376 g/mol. The summed E-state index contributed by atoms with van der Waals surface area (Å²) in [5.41, 5.74) is -0.897. The van der Waals surface area contributed by atoms with Gasteiger partial charge >= 0.3 is 0 Å². The number of fused-ring (bicyclic) bond motifs is 1. The number of rotatable bonds is 5. The number of carbonyl (C=O) groups is 1. The Labute approximate surface area is 158 Å². The molecule has 0 aliphatic rings. The van der Waals surface area contributed by atoms with Gasteiger partial charge in [-0.15, -0.1) is 0 Å². The lowest BCUT2D eigenvalue weighted by molar-refractivity contribution is -0.394. The summed E-state index contributed by atoms with van der Waals surface area (Å²) in [4.78, 5) is 32.9. The highest BCUT2D eigenvalue weighted by Crippen LogP contribution is 2.26. The number of nitriles is 1. The van der Waals surface area contributed by atoms with Crippen molar-refractivity contribution in [1.82, 2.24) is 5.32 Å². The Kier molecular flexibility index (Phi) is 4.95. The fourth-order valence-corrected chi connectivity index (χ4v) is 2.83. The number of benzene rings is 3. The van der Waals surface area contributed by atoms with Crippen molar-refractivity contribution < 1.29 is 14.6 Å². The van der Waals surface area contributed by atoms with Gasteiger partial charge in [0.25, 0.3) is 17.3 Å². The van der Waals surface area contributed by atoms with Gasteiger partial charge in [-0.1, -0.05) is 42.5 Å². The zero-order valence-electron chi connectivity index (χ0n) is 14.2. The van der Waals surface area contributed by atoms with Crippen LogP contribution in [0.1, 0.15) is 22.0 Å². The zero-order valence-corrected chi connectivity index (χ0v) is 14.2. The molecule has 0 saturated heterocycles. The minimum atomic E-state index is -1.04. The summed E-state index contributed by atoms with van der Waals surface area (Å²) < 4.78 is 0. The van der Waals surface area contributed by atoms with Crippen LogP contribution < -0.4 is 5.32 Å². The maximum atomic E-state index is 12.6. The van der Waals surface area contributed by atoms with Crippen LogP contribution in [0.25, 0.3) is 10.8 Å². The quantitative estimate of drug-likeness (QED) is 0.532. The standard InChI is InChI=1S/C19H12N4O5/c20-11-18(17-7-3-5-12-4-1-2-6-16(12)17)21-19(24)13-8-14(22(25)26)10-15(9-13)23(27)28/h1-10,18H,(H,21,24)/t18-/m1/s1. The minimum Gasteiger partial charge on any atom is -0.332 e. The summed E-state index contributed by atoms with van der Waals surface area (Å²) in [5.74, 6) is -0.828. The maximum absolute atomic E-state index is 12.6. The Morgan fingerprint density at radius 3 is 2.18 bits per heavy atom. The second kappa shape index (κ2) is 7.51. The van der Waals surface area contributed by atoms with Crippen molar-refractivity contribution >= 4 is 28.1 Å². The molecular formula is C19H12N4O5. The van der Waals surface area contributed by atoms with Crippen LogP contribution in [0, 0.1) is 31.6 Å². The van der Waals surface area contributed by atoms with Crippen molar-refractivity contribution in [2.24, 2.45) is 0 Å². The fraction of sp³-hybridized carbons (Fsp3) is 0.0526. The number of hydrogen-bond donors (Lipinski definition) is 1. The molecule has 138 valence electrons. The molecule has 0 saturated carbocycles. The molecule has 0 aromatic heterocycles. The lowest BCUT2D eigenvalue weighted by Crippen LogP contribution is -2.27. The van der Waals surface area contributed by atoms with Gasteiger partial charge in [-0.25, -0.2) is 0 Å². The van der Waals surface area contributed by atoms with Crippen LogP contribution in [0.5, 0.6) is 0 Å². The molecule has 1 amide bonds. The Morgan fingerprint density at radius 1 is 0.964 bits per heavy atom. The van der Waals surface area contributed by atoms with Gasteiger partial charge in [-0.3, -0.25) is 25.0 Å². The van der Waals surface area contributed by atoms with Crippen LogP contribution in [0.3, 0.4) is 0 Å². The maximum Gasteiger partial charge on any atom is 0.277 e. The number of amides is 1. The summed E-state index contributed by atoms with van der Waals surface area (Å²) in [6, 6.07) is 16.2. The van der Waals surface area contributed by atoms with E-state index in [9.17, 15) is 30.3 Å². The Bertz CT molecular complexity index is 1120. The Balaban J connectivity index is 1.98. The molecule has 1 atom stereocenters. The lowest BCUT2D eigenvalue weighted by Gasteiger charge is -2.14. The first-order valence-electron chi connectivity index (χ1n) is 8.02. The van der Waals surface area contributed by atoms with E-state index in [0.29, 0.717) is 5.56 Å². The highest BCUT2D eigenvalue weighted by atomic mass is 16.6. The second-order valence-corrected chi connectivity index (χ2v) is 5.86. The topological polar surface area (TPSA) is 139 Å². The Hall–Kier alpha value is -4.32. The van der Waals surface area contributed by atoms with E-state index in [2.05, 4.69) is 5.32 Å². The molecule has 0 aliphatic carbocycles. The SMILES string of the molecule is N#C[C@@H](NC(=O)c1cc([N+](=O)[O-])cc([N+](=O)[O-])c1)c1cccc2ccccc12. The summed E-state index contributed by atoms with van der Waals surface area (Å²) >= 11 is 0. The van der Waals surface area contributed by atoms with E-state index in [-0.39, 0.29) is 5.56 Å². The monoisotopic (exact) mass is 376 g/mol. The minimum absolute atomic E-state index is 0.276. The van der Waals surface area contributed by atoms with Gasteiger partial charge in [0.15, 0.2) is 0 Å². The van der Waals surface area contributed by atoms with Crippen LogP contribution in [0.15, 0.2) is 60.7 Å². The van der Waals surface area contributed by atoms with Gasteiger partial charge < -0.3 is 5.32 Å². The van der Waals surface area contributed by atoms with E-state index in [1.807, 2.05) is 24.3 Å². The number of hydrogen-bond acceptors (Lipinski definition) is 6. The number of nitro benzene ring substituents is 2. The van der Waals surface area contributed by atoms with Crippen LogP contribution in [-0.4, -0.2) is 15.8 Å². The van der Waals surface area contributed by atoms with Gasteiger partial charge in [0.2, 0.25) is 0 Å². The number of nitrogens with one attached hydrogen (secondary N) is 1. The normalized spacial score (nSPS) is 11.4. The van der Waals surface area contributed by atoms with Gasteiger partial charge in [0.1, 0.15) is 6.04 Å². The van der Waals surface area contributed by atoms with E-state index in [1.54, 1.807) is 24.3 Å². The highest BCUT2D eigenvalue weighted by Gasteiger charge is 2.22. The van der Waals surface area contributed by atoms with Crippen molar-refractivity contribution in [3.05, 3.63) is 92.0 Å². The number of carbonyl (C=O) groups excluding carboxylic acids is 1. The Morgan fingerprint density at radius 2 is 1.57 bits per heavy atom. The number of nitro groups is 2. The van der Waals surface area contributed by atoms with E-state index in [1.165, 1.54) is 0 Å². The predicted octanol–water partition coefficient (Wildman–Crippen LogP) is 3.65. The van der Waals surface area contributed by atoms with Gasteiger partial charge in [0, 0.05) is 12.1 Å². The summed E-state index contributed by atoms with van der Waals surface area (Å²) in [7, 11) is 0. The van der Waals surface area contributed by atoms with Gasteiger partial charge in [-0.05, 0) is 16.3 Å². The number of nitrogens with zero attached hydrogens (tertiary/aromatic N) is 3. The van der Waals surface area contributed by atoms with E-state index < -0.39 is 33.2 Å².